The third-order valence-corrected chi connectivity index (χ3v) is 6.01. The van der Waals surface area contributed by atoms with Crippen molar-refractivity contribution in [1.82, 2.24) is 9.29 Å². The van der Waals surface area contributed by atoms with Gasteiger partial charge in [-0.05, 0) is 31.5 Å². The summed E-state index contributed by atoms with van der Waals surface area (Å²) in [6.45, 7) is 3.52. The molecule has 8 nitrogen and oxygen atoms in total. The van der Waals surface area contributed by atoms with Crippen molar-refractivity contribution < 1.29 is 17.9 Å². The van der Waals surface area contributed by atoms with E-state index >= 15 is 0 Å². The number of nitrogens with zero attached hydrogens (tertiary/aromatic N) is 2. The van der Waals surface area contributed by atoms with Gasteiger partial charge in [0, 0.05) is 25.4 Å². The lowest BCUT2D eigenvalue weighted by Crippen LogP contribution is -2.36. The molecule has 0 bridgehead atoms. The van der Waals surface area contributed by atoms with Gasteiger partial charge in [0.1, 0.15) is 11.5 Å². The topological polar surface area (TPSA) is 113 Å². The Hall–Kier alpha value is -3.27. The summed E-state index contributed by atoms with van der Waals surface area (Å²) < 4.78 is 35.1. The monoisotopic (exact) mass is 412 g/mol. The number of ether oxygens (including phenoxy) is 1. The third kappa shape index (κ3) is 4.11. The molecule has 0 aliphatic carbocycles. The summed E-state index contributed by atoms with van der Waals surface area (Å²) in [4.78, 5) is 12.8. The predicted octanol–water partition coefficient (Wildman–Crippen LogP) is 1.91. The van der Waals surface area contributed by atoms with Crippen LogP contribution in [0.3, 0.4) is 0 Å². The van der Waals surface area contributed by atoms with Crippen molar-refractivity contribution in [3.8, 4) is 23.7 Å². The van der Waals surface area contributed by atoms with Crippen LogP contribution in [-0.4, -0.2) is 31.5 Å². The fraction of sp³-hybridized carbons (Fsp3) is 0.300. The zero-order valence-electron chi connectivity index (χ0n) is 16.2. The minimum Gasteiger partial charge on any atom is -0.488 e. The third-order valence-electron chi connectivity index (χ3n) is 4.50. The normalized spacial score (nSPS) is 17.0. The van der Waals surface area contributed by atoms with Gasteiger partial charge in [-0.2, -0.15) is 5.26 Å². The highest BCUT2D eigenvalue weighted by Crippen LogP contribution is 2.33. The van der Waals surface area contributed by atoms with Crippen LogP contribution in [0.5, 0.6) is 5.75 Å². The Morgan fingerprint density at radius 3 is 2.90 bits per heavy atom. The van der Waals surface area contributed by atoms with E-state index in [-0.39, 0.29) is 22.9 Å². The van der Waals surface area contributed by atoms with Crippen LogP contribution < -0.4 is 14.8 Å². The number of anilines is 1. The fourth-order valence-corrected chi connectivity index (χ4v) is 4.42. The second-order valence-corrected chi connectivity index (χ2v) is 8.32. The molecule has 9 heteroatoms. The van der Waals surface area contributed by atoms with Crippen LogP contribution >= 0.6 is 0 Å². The molecule has 1 aliphatic rings. The average Bonchev–Trinajstić information content (AvgIpc) is 2.96. The van der Waals surface area contributed by atoms with Crippen LogP contribution in [0.1, 0.15) is 35.0 Å². The smallest absolute Gasteiger partial charge is 0.276 e. The Morgan fingerprint density at radius 2 is 2.21 bits per heavy atom. The maximum atomic E-state index is 12.9. The molecular formula is C20H20N4O4S. The number of carbonyl (C=O) groups excluding carboxylic acids is 1. The Morgan fingerprint density at radius 1 is 1.45 bits per heavy atom. The largest absolute Gasteiger partial charge is 0.488 e. The number of nitriles is 1. The summed E-state index contributed by atoms with van der Waals surface area (Å²) in [6.07, 6.45) is 1.64. The van der Waals surface area contributed by atoms with Crippen molar-refractivity contribution in [3.05, 3.63) is 41.2 Å². The number of sulfonamides is 1. The van der Waals surface area contributed by atoms with E-state index in [1.165, 1.54) is 10.8 Å². The minimum absolute atomic E-state index is 0.00271. The summed E-state index contributed by atoms with van der Waals surface area (Å²) in [7, 11) is -2.30. The molecule has 2 aromatic rings. The van der Waals surface area contributed by atoms with Crippen LogP contribution in [0, 0.1) is 30.1 Å². The molecular weight excluding hydrogens is 392 g/mol. The second-order valence-electron chi connectivity index (χ2n) is 6.64. The first-order valence-electron chi connectivity index (χ1n) is 8.83. The van der Waals surface area contributed by atoms with Crippen molar-refractivity contribution >= 4 is 21.6 Å². The van der Waals surface area contributed by atoms with E-state index in [1.54, 1.807) is 39.1 Å². The molecule has 2 N–H and O–H groups in total. The molecule has 1 atom stereocenters. The maximum Gasteiger partial charge on any atom is 0.276 e. The molecule has 1 aliphatic heterocycles. The van der Waals surface area contributed by atoms with E-state index in [0.29, 0.717) is 17.7 Å². The van der Waals surface area contributed by atoms with Crippen molar-refractivity contribution in [2.75, 3.05) is 11.9 Å². The average molecular weight is 412 g/mol. The summed E-state index contributed by atoms with van der Waals surface area (Å²) in [5.74, 6) is 5.02. The number of rotatable bonds is 3. The highest BCUT2D eigenvalue weighted by atomic mass is 32.2. The lowest BCUT2D eigenvalue weighted by Gasteiger charge is -2.13. The van der Waals surface area contributed by atoms with Crippen molar-refractivity contribution in [1.29, 1.82) is 5.26 Å². The zero-order valence-corrected chi connectivity index (χ0v) is 17.1. The lowest BCUT2D eigenvalue weighted by molar-refractivity contribution is 0.101. The molecule has 1 aromatic heterocycles. The fourth-order valence-electron chi connectivity index (χ4n) is 3.01. The van der Waals surface area contributed by atoms with E-state index in [4.69, 9.17) is 10.00 Å². The number of aryl methyl sites for hydroxylation is 2. The van der Waals surface area contributed by atoms with Gasteiger partial charge in [0.25, 0.3) is 5.91 Å². The minimum atomic E-state index is -3.87. The number of hydrogen-bond donors (Lipinski definition) is 2. The molecule has 0 spiro atoms. The Bertz CT molecular complexity index is 1180. The summed E-state index contributed by atoms with van der Waals surface area (Å²) in [5.41, 5.74) is 1.74. The molecule has 0 radical (unpaired) electrons. The zero-order chi connectivity index (χ0) is 21.2. The standard InChI is InChI=1S/C20H20N4O4S/c1-4-5-6-16-12-28-19-17(29(26,27)23-16)11-24(3)18(19)20(25)22-15-8-7-13(2)14(9-15)10-21/h7-9,11,16,23H,6,12H2,1-3H3,(H,22,25)/t16-/m1/s1. The van der Waals surface area contributed by atoms with E-state index in [1.807, 2.05) is 0 Å². The van der Waals surface area contributed by atoms with Gasteiger partial charge in [0.05, 0.1) is 17.7 Å². The van der Waals surface area contributed by atoms with Crippen LogP contribution in [-0.2, 0) is 17.1 Å². The van der Waals surface area contributed by atoms with Gasteiger partial charge in [-0.15, -0.1) is 11.8 Å². The van der Waals surface area contributed by atoms with Crippen LogP contribution in [0.25, 0.3) is 0 Å². The SMILES string of the molecule is CC#CC[C@@H]1COc2c(cn(C)c2C(=O)Nc2ccc(C)c(C#N)c2)S(=O)(=O)N1. The van der Waals surface area contributed by atoms with Crippen molar-refractivity contribution in [2.45, 2.75) is 31.2 Å². The molecule has 0 unspecified atom stereocenters. The molecule has 0 saturated carbocycles. The summed E-state index contributed by atoms with van der Waals surface area (Å²) >= 11 is 0. The lowest BCUT2D eigenvalue weighted by atomic mass is 10.1. The number of hydrogen-bond acceptors (Lipinski definition) is 5. The highest BCUT2D eigenvalue weighted by molar-refractivity contribution is 7.89. The summed E-state index contributed by atoms with van der Waals surface area (Å²) in [6, 6.07) is 6.51. The van der Waals surface area contributed by atoms with Crippen LogP contribution in [0.15, 0.2) is 29.3 Å². The molecule has 0 saturated heterocycles. The molecule has 3 rings (SSSR count). The first-order chi connectivity index (χ1) is 13.8. The number of fused-ring (bicyclic) bond motifs is 1. The Labute approximate surface area is 169 Å². The van der Waals surface area contributed by atoms with Crippen LogP contribution in [0.4, 0.5) is 5.69 Å². The van der Waals surface area contributed by atoms with Gasteiger partial charge < -0.3 is 14.6 Å². The van der Waals surface area contributed by atoms with E-state index in [0.717, 1.165) is 5.56 Å². The highest BCUT2D eigenvalue weighted by Gasteiger charge is 2.34. The number of benzene rings is 1. The van der Waals surface area contributed by atoms with Gasteiger partial charge >= 0.3 is 0 Å². The first kappa shape index (κ1) is 20.5. The number of nitrogens with one attached hydrogen (secondary N) is 2. The van der Waals surface area contributed by atoms with E-state index in [2.05, 4.69) is 27.9 Å². The summed E-state index contributed by atoms with van der Waals surface area (Å²) in [5, 5.41) is 11.9. The maximum absolute atomic E-state index is 12.9. The van der Waals surface area contributed by atoms with Crippen LogP contribution in [0.2, 0.25) is 0 Å². The molecule has 1 aromatic carbocycles. The van der Waals surface area contributed by atoms with Crippen molar-refractivity contribution in [3.63, 3.8) is 0 Å². The first-order valence-corrected chi connectivity index (χ1v) is 10.3. The van der Waals surface area contributed by atoms with Gasteiger partial charge in [-0.3, -0.25) is 4.79 Å². The molecule has 2 heterocycles. The molecule has 0 fully saturated rings. The van der Waals surface area contributed by atoms with Gasteiger partial charge in [-0.25, -0.2) is 13.1 Å². The predicted molar refractivity (Wildman–Crippen MR) is 107 cm³/mol. The van der Waals surface area contributed by atoms with Gasteiger partial charge in [-0.1, -0.05) is 6.07 Å². The molecule has 1 amide bonds. The quantitative estimate of drug-likeness (QED) is 0.748. The second kappa shape index (κ2) is 8.00. The molecule has 29 heavy (non-hydrogen) atoms. The van der Waals surface area contributed by atoms with Gasteiger partial charge in [0.15, 0.2) is 11.4 Å². The van der Waals surface area contributed by atoms with Crippen molar-refractivity contribution in [2.24, 2.45) is 7.05 Å². The van der Waals surface area contributed by atoms with Gasteiger partial charge in [0.2, 0.25) is 10.0 Å². The molecule has 150 valence electrons. The Balaban J connectivity index is 1.95. The number of carbonyl (C=O) groups is 1. The van der Waals surface area contributed by atoms with E-state index in [9.17, 15) is 13.2 Å². The number of amides is 1. The number of aromatic nitrogens is 1. The van der Waals surface area contributed by atoms with E-state index < -0.39 is 22.0 Å². The Kier molecular flexibility index (Phi) is 5.64.